The molecule has 1 aliphatic heterocycles. The van der Waals surface area contributed by atoms with Gasteiger partial charge in [-0.15, -0.1) is 12.4 Å². The first-order valence-corrected chi connectivity index (χ1v) is 7.41. The van der Waals surface area contributed by atoms with Gasteiger partial charge in [-0.25, -0.2) is 0 Å². The Labute approximate surface area is 141 Å². The minimum atomic E-state index is -0.630. The molecule has 23 heavy (non-hydrogen) atoms. The fourth-order valence-electron chi connectivity index (χ4n) is 2.84. The van der Waals surface area contributed by atoms with Crippen molar-refractivity contribution in [2.75, 3.05) is 25.5 Å². The topological polar surface area (TPSA) is 68.2 Å². The highest BCUT2D eigenvalue weighted by molar-refractivity contribution is 5.96. The van der Waals surface area contributed by atoms with Crippen molar-refractivity contribution in [1.82, 2.24) is 15.1 Å². The van der Waals surface area contributed by atoms with Crippen LogP contribution in [0.2, 0.25) is 0 Å². The molecule has 1 aromatic carbocycles. The summed E-state index contributed by atoms with van der Waals surface area (Å²) >= 11 is 0. The van der Waals surface area contributed by atoms with Gasteiger partial charge in [-0.05, 0) is 56.3 Å². The van der Waals surface area contributed by atoms with E-state index >= 15 is 0 Å². The summed E-state index contributed by atoms with van der Waals surface area (Å²) < 4.78 is 6.92. The lowest BCUT2D eigenvalue weighted by Gasteiger charge is -2.36. The normalized spacial score (nSPS) is 16.2. The molecule has 1 aromatic heterocycles. The third-order valence-corrected chi connectivity index (χ3v) is 4.14. The van der Waals surface area contributed by atoms with Gasteiger partial charge in [0.05, 0.1) is 7.11 Å². The zero-order valence-corrected chi connectivity index (χ0v) is 13.8. The smallest absolute Gasteiger partial charge is 0.252 e. The van der Waals surface area contributed by atoms with Crippen molar-refractivity contribution in [3.8, 4) is 5.75 Å². The quantitative estimate of drug-likeness (QED) is 0.896. The second-order valence-corrected chi connectivity index (χ2v) is 5.41. The van der Waals surface area contributed by atoms with E-state index in [4.69, 9.17) is 4.74 Å². The molecule has 7 heteroatoms. The van der Waals surface area contributed by atoms with Gasteiger partial charge in [-0.1, -0.05) is 0 Å². The number of hydrogen-bond acceptors (Lipinski definition) is 4. The number of methoxy groups -OCH3 is 1. The molecular weight excluding hydrogens is 316 g/mol. The first kappa shape index (κ1) is 17.3. The minimum Gasteiger partial charge on any atom is -0.497 e. The molecule has 124 valence electrons. The summed E-state index contributed by atoms with van der Waals surface area (Å²) in [4.78, 5) is 12.9. The molecule has 1 amide bonds. The van der Waals surface area contributed by atoms with Crippen LogP contribution in [0.25, 0.3) is 0 Å². The first-order chi connectivity index (χ1) is 10.7. The van der Waals surface area contributed by atoms with Crippen LogP contribution in [0.5, 0.6) is 5.75 Å². The van der Waals surface area contributed by atoms with Crippen LogP contribution in [0.15, 0.2) is 42.7 Å². The Bertz CT molecular complexity index is 622. The Balaban J connectivity index is 0.00000192. The maximum Gasteiger partial charge on any atom is 0.252 e. The van der Waals surface area contributed by atoms with Crippen LogP contribution in [0.3, 0.4) is 0 Å². The number of benzene rings is 1. The van der Waals surface area contributed by atoms with Gasteiger partial charge in [-0.3, -0.25) is 9.48 Å². The Hall–Kier alpha value is -2.05. The zero-order chi connectivity index (χ0) is 15.4. The van der Waals surface area contributed by atoms with Crippen molar-refractivity contribution in [3.63, 3.8) is 0 Å². The van der Waals surface area contributed by atoms with Gasteiger partial charge in [0.1, 0.15) is 11.3 Å². The predicted octanol–water partition coefficient (Wildman–Crippen LogP) is 2.03. The van der Waals surface area contributed by atoms with Crippen LogP contribution < -0.4 is 15.4 Å². The standard InChI is InChI=1S/C16H20N4O2.ClH/c1-22-14-5-3-13(4-6-14)19-15(21)16(7-10-17-11-8-16)20-12-2-9-18-20;/h2-6,9,12,17H,7-8,10-11H2,1H3,(H,19,21);1H. The lowest BCUT2D eigenvalue weighted by Crippen LogP contribution is -2.52. The number of ether oxygens (including phenoxy) is 1. The molecule has 2 heterocycles. The molecule has 0 saturated carbocycles. The van der Waals surface area contributed by atoms with Crippen LogP contribution in [0.1, 0.15) is 12.8 Å². The average molecular weight is 337 g/mol. The molecule has 2 aromatic rings. The maximum absolute atomic E-state index is 12.9. The molecule has 0 unspecified atom stereocenters. The van der Waals surface area contributed by atoms with Gasteiger partial charge in [0.25, 0.3) is 5.91 Å². The average Bonchev–Trinajstić information content (AvgIpc) is 3.11. The number of rotatable bonds is 4. The molecule has 1 aliphatic rings. The number of aromatic nitrogens is 2. The number of carbonyl (C=O) groups excluding carboxylic acids is 1. The number of nitrogens with one attached hydrogen (secondary N) is 2. The molecule has 0 radical (unpaired) electrons. The third-order valence-electron chi connectivity index (χ3n) is 4.14. The van der Waals surface area contributed by atoms with Gasteiger partial charge in [0.2, 0.25) is 0 Å². The fourth-order valence-corrected chi connectivity index (χ4v) is 2.84. The highest BCUT2D eigenvalue weighted by Crippen LogP contribution is 2.29. The molecule has 1 saturated heterocycles. The van der Waals surface area contributed by atoms with Gasteiger partial charge < -0.3 is 15.4 Å². The maximum atomic E-state index is 12.9. The second kappa shape index (κ2) is 7.48. The number of nitrogens with zero attached hydrogens (tertiary/aromatic N) is 2. The number of hydrogen-bond donors (Lipinski definition) is 2. The molecule has 6 nitrogen and oxygen atoms in total. The Kier molecular flexibility index (Phi) is 5.63. The fraction of sp³-hybridized carbons (Fsp3) is 0.375. The first-order valence-electron chi connectivity index (χ1n) is 7.41. The van der Waals surface area contributed by atoms with Crippen LogP contribution in [-0.4, -0.2) is 35.9 Å². The van der Waals surface area contributed by atoms with E-state index in [1.165, 1.54) is 0 Å². The van der Waals surface area contributed by atoms with Crippen LogP contribution in [0, 0.1) is 0 Å². The van der Waals surface area contributed by atoms with Crippen LogP contribution in [0.4, 0.5) is 5.69 Å². The van der Waals surface area contributed by atoms with E-state index in [2.05, 4.69) is 15.7 Å². The van der Waals surface area contributed by atoms with Gasteiger partial charge in [0, 0.05) is 18.1 Å². The summed E-state index contributed by atoms with van der Waals surface area (Å²) in [5.41, 5.74) is 0.130. The summed E-state index contributed by atoms with van der Waals surface area (Å²) in [5, 5.41) is 10.6. The van der Waals surface area contributed by atoms with Gasteiger partial charge >= 0.3 is 0 Å². The number of halogens is 1. The van der Waals surface area contributed by atoms with Gasteiger partial charge in [0.15, 0.2) is 0 Å². The van der Waals surface area contributed by atoms with Crippen molar-refractivity contribution >= 4 is 24.0 Å². The Morgan fingerprint density at radius 1 is 1.30 bits per heavy atom. The van der Waals surface area contributed by atoms with Crippen LogP contribution >= 0.6 is 12.4 Å². The number of amides is 1. The van der Waals surface area contributed by atoms with Crippen LogP contribution in [-0.2, 0) is 10.3 Å². The second-order valence-electron chi connectivity index (χ2n) is 5.41. The summed E-state index contributed by atoms with van der Waals surface area (Å²) in [6.45, 7) is 1.60. The van der Waals surface area contributed by atoms with E-state index in [1.807, 2.05) is 36.5 Å². The molecule has 3 rings (SSSR count). The monoisotopic (exact) mass is 336 g/mol. The van der Waals surface area contributed by atoms with E-state index in [9.17, 15) is 4.79 Å². The lowest BCUT2D eigenvalue weighted by molar-refractivity contribution is -0.126. The molecule has 2 N–H and O–H groups in total. The number of piperidine rings is 1. The van der Waals surface area contributed by atoms with Crippen molar-refractivity contribution in [2.24, 2.45) is 0 Å². The highest BCUT2D eigenvalue weighted by atomic mass is 35.5. The van der Waals surface area contributed by atoms with E-state index in [1.54, 1.807) is 18.0 Å². The van der Waals surface area contributed by atoms with Crippen molar-refractivity contribution < 1.29 is 9.53 Å². The zero-order valence-electron chi connectivity index (χ0n) is 13.0. The lowest BCUT2D eigenvalue weighted by atomic mass is 9.87. The molecule has 0 bridgehead atoms. The van der Waals surface area contributed by atoms with Crippen molar-refractivity contribution in [2.45, 2.75) is 18.4 Å². The van der Waals surface area contributed by atoms with Gasteiger partial charge in [-0.2, -0.15) is 5.10 Å². The molecule has 1 fully saturated rings. The predicted molar refractivity (Wildman–Crippen MR) is 91.2 cm³/mol. The van der Waals surface area contributed by atoms with E-state index in [-0.39, 0.29) is 18.3 Å². The SMILES string of the molecule is COc1ccc(NC(=O)C2(n3cccn3)CCNCC2)cc1.Cl. The van der Waals surface area contributed by atoms with E-state index in [0.717, 1.165) is 37.4 Å². The Morgan fingerprint density at radius 3 is 2.57 bits per heavy atom. The minimum absolute atomic E-state index is 0. The summed E-state index contributed by atoms with van der Waals surface area (Å²) in [6, 6.07) is 9.20. The summed E-state index contributed by atoms with van der Waals surface area (Å²) in [5.74, 6) is 0.740. The highest BCUT2D eigenvalue weighted by Gasteiger charge is 2.41. The third kappa shape index (κ3) is 3.48. The molecule has 0 aliphatic carbocycles. The Morgan fingerprint density at radius 2 is 2.00 bits per heavy atom. The molecular formula is C16H21ClN4O2. The van der Waals surface area contributed by atoms with E-state index < -0.39 is 5.54 Å². The molecule has 0 spiro atoms. The largest absolute Gasteiger partial charge is 0.497 e. The molecule has 0 atom stereocenters. The summed E-state index contributed by atoms with van der Waals surface area (Å²) in [6.07, 6.45) is 5.01. The van der Waals surface area contributed by atoms with Crippen molar-refractivity contribution in [1.29, 1.82) is 0 Å². The van der Waals surface area contributed by atoms with E-state index in [0.29, 0.717) is 0 Å². The number of anilines is 1. The van der Waals surface area contributed by atoms with Crippen molar-refractivity contribution in [3.05, 3.63) is 42.7 Å². The summed E-state index contributed by atoms with van der Waals surface area (Å²) in [7, 11) is 1.62. The number of carbonyl (C=O) groups is 1.